The first kappa shape index (κ1) is 21.8. The number of hydrogen-bond donors (Lipinski definition) is 1. The van der Waals surface area contributed by atoms with Crippen molar-refractivity contribution in [1.29, 1.82) is 0 Å². The average molecular weight is 435 g/mol. The summed E-state index contributed by atoms with van der Waals surface area (Å²) in [5.74, 6) is 0.971. The molecule has 1 N–H and O–H groups in total. The second-order valence-corrected chi connectivity index (χ2v) is 11.4. The molecule has 1 saturated carbocycles. The molecule has 30 heavy (non-hydrogen) atoms. The fraction of sp³-hybridized carbons (Fsp3) is 0.696. The lowest BCUT2D eigenvalue weighted by Crippen LogP contribution is -3.15. The van der Waals surface area contributed by atoms with Gasteiger partial charge in [-0.15, -0.1) is 0 Å². The molecule has 7 heteroatoms. The monoisotopic (exact) mass is 434 g/mol. The zero-order valence-corrected chi connectivity index (χ0v) is 19.2. The number of fused-ring (bicyclic) bond motifs is 1. The van der Waals surface area contributed by atoms with Crippen molar-refractivity contribution in [1.82, 2.24) is 9.21 Å². The van der Waals surface area contributed by atoms with Crippen LogP contribution in [0.4, 0.5) is 0 Å². The van der Waals surface area contributed by atoms with Gasteiger partial charge in [-0.25, -0.2) is 8.42 Å². The van der Waals surface area contributed by atoms with Crippen molar-refractivity contribution in [3.63, 3.8) is 0 Å². The van der Waals surface area contributed by atoms with Crippen molar-refractivity contribution in [2.24, 2.45) is 5.92 Å². The Hall–Kier alpha value is -1.44. The maximum absolute atomic E-state index is 13.1. The van der Waals surface area contributed by atoms with E-state index < -0.39 is 10.0 Å². The summed E-state index contributed by atoms with van der Waals surface area (Å²) in [6, 6.07) is 5.80. The van der Waals surface area contributed by atoms with Crippen LogP contribution in [0.2, 0.25) is 0 Å². The largest absolute Gasteiger partial charge is 0.335 e. The van der Waals surface area contributed by atoms with Crippen molar-refractivity contribution >= 4 is 15.9 Å². The maximum atomic E-state index is 13.1. The van der Waals surface area contributed by atoms with Crippen LogP contribution in [0.15, 0.2) is 23.1 Å². The molecule has 4 rings (SSSR count). The number of quaternary nitrogens is 1. The number of hydrogen-bond acceptors (Lipinski definition) is 3. The Labute approximate surface area is 181 Å². The number of piperazine rings is 1. The minimum atomic E-state index is -3.46. The lowest BCUT2D eigenvalue weighted by atomic mass is 9.78. The second-order valence-electron chi connectivity index (χ2n) is 9.42. The van der Waals surface area contributed by atoms with Crippen LogP contribution in [0.1, 0.15) is 49.7 Å². The molecule has 2 heterocycles. The number of sulfonamides is 1. The molecule has 1 amide bonds. The molecule has 0 spiro atoms. The fourth-order valence-electron chi connectivity index (χ4n) is 5.49. The van der Waals surface area contributed by atoms with Gasteiger partial charge in [0.2, 0.25) is 10.0 Å². The van der Waals surface area contributed by atoms with Crippen molar-refractivity contribution in [3.05, 3.63) is 29.3 Å². The van der Waals surface area contributed by atoms with E-state index in [2.05, 4.69) is 4.90 Å². The van der Waals surface area contributed by atoms with Crippen molar-refractivity contribution in [3.8, 4) is 0 Å². The van der Waals surface area contributed by atoms with E-state index in [0.717, 1.165) is 30.5 Å². The maximum Gasteiger partial charge on any atom is 0.278 e. The molecule has 1 aliphatic carbocycles. The number of benzene rings is 1. The Morgan fingerprint density at radius 2 is 1.70 bits per heavy atom. The molecule has 2 atom stereocenters. The van der Waals surface area contributed by atoms with E-state index in [1.807, 2.05) is 19.9 Å². The van der Waals surface area contributed by atoms with Gasteiger partial charge in [-0.1, -0.05) is 18.9 Å². The number of carbonyl (C=O) groups excluding carboxylic acids is 1. The van der Waals surface area contributed by atoms with Crippen LogP contribution in [0.3, 0.4) is 0 Å². The Balaban J connectivity index is 1.34. The van der Waals surface area contributed by atoms with Gasteiger partial charge < -0.3 is 9.80 Å². The number of carbonyl (C=O) groups is 1. The summed E-state index contributed by atoms with van der Waals surface area (Å²) >= 11 is 0. The molecular formula is C23H36N3O3S+. The number of nitrogens with one attached hydrogen (secondary N) is 1. The minimum absolute atomic E-state index is 0.270. The van der Waals surface area contributed by atoms with E-state index in [1.165, 1.54) is 30.6 Å². The summed E-state index contributed by atoms with van der Waals surface area (Å²) in [7, 11) is -3.46. The smallest absolute Gasteiger partial charge is 0.278 e. The van der Waals surface area contributed by atoms with Crippen LogP contribution >= 0.6 is 0 Å². The van der Waals surface area contributed by atoms with Gasteiger partial charge in [-0.3, -0.25) is 4.79 Å². The molecule has 0 radical (unpaired) electrons. The van der Waals surface area contributed by atoms with Gasteiger partial charge in [0, 0.05) is 12.6 Å². The van der Waals surface area contributed by atoms with Crippen LogP contribution in [0.5, 0.6) is 0 Å². The average Bonchev–Trinajstić information content (AvgIpc) is 2.75. The molecule has 166 valence electrons. The molecule has 3 aliphatic rings. The van der Waals surface area contributed by atoms with Gasteiger partial charge in [0.25, 0.3) is 5.91 Å². The highest BCUT2D eigenvalue weighted by Crippen LogP contribution is 2.35. The minimum Gasteiger partial charge on any atom is -0.335 e. The summed E-state index contributed by atoms with van der Waals surface area (Å²) in [4.78, 5) is 16.8. The lowest BCUT2D eigenvalue weighted by Gasteiger charge is -2.44. The number of nitrogens with zero attached hydrogens (tertiary/aromatic N) is 2. The molecule has 6 nitrogen and oxygen atoms in total. The lowest BCUT2D eigenvalue weighted by molar-refractivity contribution is -0.896. The zero-order chi connectivity index (χ0) is 21.3. The second kappa shape index (κ2) is 8.97. The molecule has 0 unspecified atom stereocenters. The molecule has 2 aliphatic heterocycles. The first-order valence-electron chi connectivity index (χ1n) is 11.6. The number of piperidine rings is 1. The van der Waals surface area contributed by atoms with Crippen molar-refractivity contribution in [2.45, 2.75) is 63.3 Å². The third-order valence-corrected chi connectivity index (χ3v) is 9.41. The molecule has 0 bridgehead atoms. The van der Waals surface area contributed by atoms with Gasteiger partial charge in [0.15, 0.2) is 6.54 Å². The third kappa shape index (κ3) is 4.43. The van der Waals surface area contributed by atoms with E-state index in [-0.39, 0.29) is 5.91 Å². The van der Waals surface area contributed by atoms with Crippen molar-refractivity contribution in [2.75, 3.05) is 39.3 Å². The number of aryl methyl sites for hydroxylation is 2. The predicted octanol–water partition coefficient (Wildman–Crippen LogP) is 1.37. The highest BCUT2D eigenvalue weighted by atomic mass is 32.2. The molecule has 3 fully saturated rings. The Morgan fingerprint density at radius 3 is 2.43 bits per heavy atom. The predicted molar refractivity (Wildman–Crippen MR) is 117 cm³/mol. The van der Waals surface area contributed by atoms with E-state index in [0.29, 0.717) is 49.6 Å². The molecule has 1 aromatic carbocycles. The fourth-order valence-corrected chi connectivity index (χ4v) is 7.02. The number of rotatable bonds is 4. The number of likely N-dealkylation sites (tertiary alicyclic amines) is 1. The highest BCUT2D eigenvalue weighted by Gasteiger charge is 2.38. The normalized spacial score (nSPS) is 26.4. The van der Waals surface area contributed by atoms with Crippen LogP contribution in [-0.4, -0.2) is 68.8 Å². The van der Waals surface area contributed by atoms with Crippen LogP contribution in [-0.2, 0) is 14.8 Å². The van der Waals surface area contributed by atoms with Crippen LogP contribution in [0.25, 0.3) is 0 Å². The first-order valence-corrected chi connectivity index (χ1v) is 13.0. The van der Waals surface area contributed by atoms with E-state index in [9.17, 15) is 13.2 Å². The van der Waals surface area contributed by atoms with Crippen LogP contribution < -0.4 is 4.90 Å². The van der Waals surface area contributed by atoms with Gasteiger partial charge in [0.05, 0.1) is 31.1 Å². The summed E-state index contributed by atoms with van der Waals surface area (Å²) < 4.78 is 27.6. The Kier molecular flexibility index (Phi) is 6.51. The van der Waals surface area contributed by atoms with Gasteiger partial charge >= 0.3 is 0 Å². The molecule has 1 aromatic rings. The van der Waals surface area contributed by atoms with Crippen molar-refractivity contribution < 1.29 is 18.1 Å². The summed E-state index contributed by atoms with van der Waals surface area (Å²) in [5, 5.41) is 0. The summed E-state index contributed by atoms with van der Waals surface area (Å²) in [5.41, 5.74) is 2.09. The molecule has 0 aromatic heterocycles. The van der Waals surface area contributed by atoms with Gasteiger partial charge in [-0.2, -0.15) is 4.31 Å². The third-order valence-electron chi connectivity index (χ3n) is 7.51. The summed E-state index contributed by atoms with van der Waals surface area (Å²) in [6.45, 7) is 7.67. The highest BCUT2D eigenvalue weighted by molar-refractivity contribution is 7.89. The van der Waals surface area contributed by atoms with Crippen LogP contribution in [0, 0.1) is 19.8 Å². The van der Waals surface area contributed by atoms with E-state index in [1.54, 1.807) is 16.4 Å². The quantitative estimate of drug-likeness (QED) is 0.779. The van der Waals surface area contributed by atoms with E-state index in [4.69, 9.17) is 0 Å². The van der Waals surface area contributed by atoms with E-state index >= 15 is 0 Å². The van der Waals surface area contributed by atoms with Gasteiger partial charge in [-0.05, 0) is 68.7 Å². The summed E-state index contributed by atoms with van der Waals surface area (Å²) in [6.07, 6.45) is 7.39. The SMILES string of the molecule is Cc1ccc(S(=O)(=O)N2CC[NH+](CC(=O)N3CCC[C@H]4CCCC[C@@H]43)CC2)cc1C. The topological polar surface area (TPSA) is 62.1 Å². The number of amides is 1. The standard InChI is InChI=1S/C23H35N3O3S/c1-18-9-10-21(16-19(18)2)30(28,29)25-14-12-24(13-15-25)17-23(27)26-11-5-7-20-6-3-4-8-22(20)26/h9-10,16,20,22H,3-8,11-15,17H2,1-2H3/p+1/t20-,22+/m1/s1. The zero-order valence-electron chi connectivity index (χ0n) is 18.4. The molecule has 2 saturated heterocycles. The molecular weight excluding hydrogens is 398 g/mol. The first-order chi connectivity index (χ1) is 14.4. The van der Waals surface area contributed by atoms with Gasteiger partial charge in [0.1, 0.15) is 0 Å². The Bertz CT molecular complexity index is 876. The Morgan fingerprint density at radius 1 is 1.00 bits per heavy atom.